The van der Waals surface area contributed by atoms with Crippen molar-refractivity contribution in [3.05, 3.63) is 34.7 Å². The minimum atomic E-state index is -0.141. The summed E-state index contributed by atoms with van der Waals surface area (Å²) in [6.07, 6.45) is 7.19. The molecule has 1 spiro atoms. The molecule has 0 bridgehead atoms. The lowest BCUT2D eigenvalue weighted by Crippen LogP contribution is -2.43. The Labute approximate surface area is 164 Å². The molecule has 1 N–H and O–H groups in total. The maximum Gasteiger partial charge on any atom is 0.181 e. The fraction of sp³-hybridized carbons (Fsp3) is 0.545. The van der Waals surface area contributed by atoms with Gasteiger partial charge in [0.25, 0.3) is 0 Å². The molecular formula is C22H24N4O2. The number of hydrogen-bond acceptors (Lipinski definition) is 6. The second-order valence-corrected chi connectivity index (χ2v) is 8.80. The van der Waals surface area contributed by atoms with E-state index in [2.05, 4.69) is 21.3 Å². The third-order valence-electron chi connectivity index (χ3n) is 6.94. The number of fused-ring (bicyclic) bond motifs is 1. The second-order valence-electron chi connectivity index (χ2n) is 8.80. The van der Waals surface area contributed by atoms with E-state index < -0.39 is 0 Å². The lowest BCUT2D eigenvalue weighted by Gasteiger charge is -2.37. The number of rotatable bonds is 4. The van der Waals surface area contributed by atoms with Gasteiger partial charge in [0, 0.05) is 37.7 Å². The average Bonchev–Trinajstić information content (AvgIpc) is 3.43. The molecule has 144 valence electrons. The van der Waals surface area contributed by atoms with Crippen LogP contribution in [0.1, 0.15) is 53.7 Å². The molecule has 5 rings (SSSR count). The zero-order valence-corrected chi connectivity index (χ0v) is 16.0. The van der Waals surface area contributed by atoms with Crippen molar-refractivity contribution in [3.8, 4) is 6.07 Å². The number of hydrogen-bond donors (Lipinski definition) is 1. The fourth-order valence-electron chi connectivity index (χ4n) is 4.71. The summed E-state index contributed by atoms with van der Waals surface area (Å²) < 4.78 is 0. The van der Waals surface area contributed by atoms with Crippen LogP contribution >= 0.6 is 0 Å². The average molecular weight is 376 g/mol. The fourth-order valence-corrected chi connectivity index (χ4v) is 4.71. The Bertz CT molecular complexity index is 924. The van der Waals surface area contributed by atoms with Crippen molar-refractivity contribution in [2.45, 2.75) is 38.5 Å². The van der Waals surface area contributed by atoms with Gasteiger partial charge in [0.05, 0.1) is 5.70 Å². The Morgan fingerprint density at radius 1 is 1.29 bits per heavy atom. The predicted molar refractivity (Wildman–Crippen MR) is 103 cm³/mol. The molecule has 0 aromatic carbocycles. The molecule has 0 radical (unpaired) electrons. The third-order valence-corrected chi connectivity index (χ3v) is 6.94. The van der Waals surface area contributed by atoms with E-state index in [0.29, 0.717) is 23.4 Å². The van der Waals surface area contributed by atoms with Gasteiger partial charge >= 0.3 is 0 Å². The van der Waals surface area contributed by atoms with E-state index in [9.17, 15) is 14.9 Å². The Morgan fingerprint density at radius 2 is 2.04 bits per heavy atom. The molecule has 3 heterocycles. The summed E-state index contributed by atoms with van der Waals surface area (Å²) in [6, 6.07) is 3.98. The molecule has 1 aromatic heterocycles. The molecule has 2 saturated heterocycles. The first-order chi connectivity index (χ1) is 13.6. The van der Waals surface area contributed by atoms with Crippen molar-refractivity contribution >= 4 is 17.3 Å². The highest BCUT2D eigenvalue weighted by molar-refractivity contribution is 6.10. The number of aromatic nitrogens is 1. The minimum absolute atomic E-state index is 0.0413. The molecule has 4 aliphatic rings. The molecule has 1 saturated carbocycles. The van der Waals surface area contributed by atoms with Crippen LogP contribution < -0.4 is 5.32 Å². The Kier molecular flexibility index (Phi) is 4.09. The number of likely N-dealkylation sites (tertiary alicyclic amines) is 1. The highest BCUT2D eigenvalue weighted by Crippen LogP contribution is 2.54. The Hall–Kier alpha value is -2.52. The highest BCUT2D eigenvalue weighted by Gasteiger charge is 2.45. The number of ketones is 2. The van der Waals surface area contributed by atoms with E-state index in [1.54, 1.807) is 6.20 Å². The van der Waals surface area contributed by atoms with Gasteiger partial charge in [-0.1, -0.05) is 0 Å². The first-order valence-electron chi connectivity index (χ1n) is 10.2. The molecule has 0 atom stereocenters. The van der Waals surface area contributed by atoms with Crippen molar-refractivity contribution in [1.82, 2.24) is 15.2 Å². The summed E-state index contributed by atoms with van der Waals surface area (Å²) in [6.45, 7) is 3.49. The number of pyridine rings is 1. The monoisotopic (exact) mass is 376 g/mol. The van der Waals surface area contributed by atoms with Gasteiger partial charge in [-0.3, -0.25) is 14.6 Å². The summed E-state index contributed by atoms with van der Waals surface area (Å²) in [5, 5.41) is 12.9. The highest BCUT2D eigenvalue weighted by atomic mass is 16.1. The van der Waals surface area contributed by atoms with Crippen LogP contribution in [-0.2, 0) is 11.2 Å². The topological polar surface area (TPSA) is 86.1 Å². The second kappa shape index (κ2) is 6.52. The Morgan fingerprint density at radius 3 is 2.64 bits per heavy atom. The summed E-state index contributed by atoms with van der Waals surface area (Å²) in [7, 11) is 0. The van der Waals surface area contributed by atoms with Crippen LogP contribution in [0.2, 0.25) is 0 Å². The summed E-state index contributed by atoms with van der Waals surface area (Å²) >= 11 is 0. The van der Waals surface area contributed by atoms with Gasteiger partial charge in [0.2, 0.25) is 0 Å². The van der Waals surface area contributed by atoms with Gasteiger partial charge in [-0.2, -0.15) is 5.26 Å². The molecule has 2 aliphatic heterocycles. The standard InChI is InChI=1S/C22H24N4O2/c23-10-17-19(27)8-15-13-25-18(20(28)7-14-11-24-12-14)9-16(15)21(17)26-5-3-22(1-2-22)4-6-26/h9,13-14,24H,1-8,11-12H2. The largest absolute Gasteiger partial charge is 0.370 e. The lowest BCUT2D eigenvalue weighted by atomic mass is 9.86. The molecule has 0 amide bonds. The van der Waals surface area contributed by atoms with E-state index >= 15 is 0 Å². The van der Waals surface area contributed by atoms with Crippen LogP contribution in [0.3, 0.4) is 0 Å². The number of nitrogens with one attached hydrogen (secondary N) is 1. The number of allylic oxidation sites excluding steroid dienone is 1. The van der Waals surface area contributed by atoms with Crippen LogP contribution in [0.5, 0.6) is 0 Å². The van der Waals surface area contributed by atoms with Crippen LogP contribution in [0, 0.1) is 22.7 Å². The van der Waals surface area contributed by atoms with Crippen molar-refractivity contribution in [3.63, 3.8) is 0 Å². The van der Waals surface area contributed by atoms with E-state index in [-0.39, 0.29) is 23.6 Å². The lowest BCUT2D eigenvalue weighted by molar-refractivity contribution is -0.114. The van der Waals surface area contributed by atoms with Gasteiger partial charge in [-0.05, 0) is 61.7 Å². The number of nitriles is 1. The molecule has 6 heteroatoms. The normalized spacial score (nSPS) is 23.2. The molecule has 0 unspecified atom stereocenters. The molecule has 6 nitrogen and oxygen atoms in total. The first-order valence-corrected chi connectivity index (χ1v) is 10.2. The summed E-state index contributed by atoms with van der Waals surface area (Å²) in [5.41, 5.74) is 3.62. The number of Topliss-reactive ketones (excluding diaryl/α,β-unsaturated/α-hetero) is 2. The smallest absolute Gasteiger partial charge is 0.181 e. The van der Waals surface area contributed by atoms with Crippen LogP contribution in [0.4, 0.5) is 0 Å². The van der Waals surface area contributed by atoms with Crippen LogP contribution in [0.25, 0.3) is 5.70 Å². The van der Waals surface area contributed by atoms with Crippen molar-refractivity contribution < 1.29 is 9.59 Å². The Balaban J connectivity index is 1.49. The van der Waals surface area contributed by atoms with Crippen LogP contribution in [-0.4, -0.2) is 47.6 Å². The maximum atomic E-state index is 12.7. The molecule has 3 fully saturated rings. The van der Waals surface area contributed by atoms with E-state index in [1.165, 1.54) is 12.8 Å². The van der Waals surface area contributed by atoms with Crippen LogP contribution in [0.15, 0.2) is 17.8 Å². The molecule has 1 aromatic rings. The quantitative estimate of drug-likeness (QED) is 0.810. The van der Waals surface area contributed by atoms with Gasteiger partial charge < -0.3 is 10.2 Å². The number of nitrogens with zero attached hydrogens (tertiary/aromatic N) is 3. The van der Waals surface area contributed by atoms with Gasteiger partial charge in [-0.25, -0.2) is 0 Å². The maximum absolute atomic E-state index is 12.7. The number of carbonyl (C=O) groups excluding carboxylic acids is 2. The van der Waals surface area contributed by atoms with Gasteiger partial charge in [0.15, 0.2) is 11.6 Å². The molecule has 2 aliphatic carbocycles. The number of carbonyl (C=O) groups is 2. The minimum Gasteiger partial charge on any atom is -0.370 e. The third kappa shape index (κ3) is 2.94. The zero-order valence-electron chi connectivity index (χ0n) is 16.0. The molecular weight excluding hydrogens is 352 g/mol. The van der Waals surface area contributed by atoms with Crippen molar-refractivity contribution in [1.29, 1.82) is 5.26 Å². The van der Waals surface area contributed by atoms with E-state index in [0.717, 1.165) is 55.8 Å². The SMILES string of the molecule is N#CC1=C(N2CCC3(CC2)CC3)c2cc(C(=O)CC3CNC3)ncc2CC1=O. The summed E-state index contributed by atoms with van der Waals surface area (Å²) in [4.78, 5) is 31.8. The van der Waals surface area contributed by atoms with Gasteiger partial charge in [-0.15, -0.1) is 0 Å². The van der Waals surface area contributed by atoms with E-state index in [1.807, 2.05) is 6.07 Å². The molecule has 28 heavy (non-hydrogen) atoms. The van der Waals surface area contributed by atoms with E-state index in [4.69, 9.17) is 0 Å². The zero-order chi connectivity index (χ0) is 19.3. The predicted octanol–water partition coefficient (Wildman–Crippen LogP) is 2.11. The number of piperidine rings is 1. The summed E-state index contributed by atoms with van der Waals surface area (Å²) in [5.74, 6) is 0.284. The van der Waals surface area contributed by atoms with Gasteiger partial charge in [0.1, 0.15) is 17.3 Å². The first kappa shape index (κ1) is 17.6. The van der Waals surface area contributed by atoms with Crippen molar-refractivity contribution in [2.24, 2.45) is 11.3 Å². The van der Waals surface area contributed by atoms with Crippen molar-refractivity contribution in [2.75, 3.05) is 26.2 Å².